The Hall–Kier alpha value is -2.24. The third-order valence-corrected chi connectivity index (χ3v) is 4.80. The second-order valence-electron chi connectivity index (χ2n) is 8.18. The van der Waals surface area contributed by atoms with Crippen LogP contribution in [0, 0.1) is 5.92 Å². The van der Waals surface area contributed by atoms with E-state index in [1.165, 1.54) is 0 Å². The molecule has 2 bridgehead atoms. The molecule has 1 aromatic carbocycles. The van der Waals surface area contributed by atoms with E-state index < -0.39 is 5.60 Å². The number of hydrogen-bond acceptors (Lipinski definition) is 4. The Morgan fingerprint density at radius 3 is 2.46 bits per heavy atom. The number of amides is 2. The largest absolute Gasteiger partial charge is 0.445 e. The van der Waals surface area contributed by atoms with Crippen LogP contribution in [-0.4, -0.2) is 53.3 Å². The Kier molecular flexibility index (Phi) is 5.39. The first-order valence-corrected chi connectivity index (χ1v) is 9.27. The number of piperidine rings is 1. The normalized spacial score (nSPS) is 22.7. The van der Waals surface area contributed by atoms with Crippen molar-refractivity contribution in [1.82, 2.24) is 9.80 Å². The molecule has 0 aromatic heterocycles. The highest BCUT2D eigenvalue weighted by Crippen LogP contribution is 2.29. The number of carbonyl (C=O) groups is 2. The van der Waals surface area contributed by atoms with Gasteiger partial charge >= 0.3 is 12.2 Å². The van der Waals surface area contributed by atoms with Crippen LogP contribution in [0.15, 0.2) is 30.3 Å². The minimum atomic E-state index is -0.517. The molecular weight excluding hydrogens is 332 g/mol. The second kappa shape index (κ2) is 7.56. The lowest BCUT2D eigenvalue weighted by molar-refractivity contribution is 0.0228. The van der Waals surface area contributed by atoms with E-state index in [9.17, 15) is 9.59 Å². The van der Waals surface area contributed by atoms with Gasteiger partial charge in [-0.05, 0) is 45.1 Å². The van der Waals surface area contributed by atoms with Crippen LogP contribution in [-0.2, 0) is 16.1 Å². The van der Waals surface area contributed by atoms with Crippen molar-refractivity contribution in [1.29, 1.82) is 0 Å². The maximum atomic E-state index is 12.6. The van der Waals surface area contributed by atoms with Crippen molar-refractivity contribution in [3.8, 4) is 0 Å². The fourth-order valence-corrected chi connectivity index (χ4v) is 3.58. The van der Waals surface area contributed by atoms with Crippen LogP contribution in [0.3, 0.4) is 0 Å². The lowest BCUT2D eigenvalue weighted by Gasteiger charge is -2.35. The van der Waals surface area contributed by atoms with Crippen LogP contribution >= 0.6 is 0 Å². The summed E-state index contributed by atoms with van der Waals surface area (Å²) in [5.74, 6) is 0.269. The first kappa shape index (κ1) is 18.5. The summed E-state index contributed by atoms with van der Waals surface area (Å²) in [7, 11) is 0. The van der Waals surface area contributed by atoms with Crippen LogP contribution in [0.1, 0.15) is 39.2 Å². The number of rotatable bonds is 2. The van der Waals surface area contributed by atoms with Crippen molar-refractivity contribution in [3.05, 3.63) is 35.9 Å². The van der Waals surface area contributed by atoms with Crippen molar-refractivity contribution in [3.63, 3.8) is 0 Å². The summed E-state index contributed by atoms with van der Waals surface area (Å²) in [5.41, 5.74) is 0.452. The molecule has 2 amide bonds. The van der Waals surface area contributed by atoms with Gasteiger partial charge in [0.1, 0.15) is 12.2 Å². The second-order valence-corrected chi connectivity index (χ2v) is 8.18. The minimum Gasteiger partial charge on any atom is -0.445 e. The Morgan fingerprint density at radius 1 is 1.04 bits per heavy atom. The first-order chi connectivity index (χ1) is 12.3. The third-order valence-electron chi connectivity index (χ3n) is 4.80. The summed E-state index contributed by atoms with van der Waals surface area (Å²) >= 11 is 0. The number of benzene rings is 1. The van der Waals surface area contributed by atoms with Crippen molar-refractivity contribution in [2.45, 2.75) is 51.9 Å². The maximum Gasteiger partial charge on any atom is 0.410 e. The summed E-state index contributed by atoms with van der Waals surface area (Å²) in [6.07, 6.45) is 1.32. The van der Waals surface area contributed by atoms with E-state index in [0.717, 1.165) is 18.4 Å². The molecule has 3 heterocycles. The Labute approximate surface area is 155 Å². The summed E-state index contributed by atoms with van der Waals surface area (Å²) in [5, 5.41) is 0. The van der Waals surface area contributed by atoms with Crippen LogP contribution in [0.4, 0.5) is 9.59 Å². The van der Waals surface area contributed by atoms with Gasteiger partial charge in [0, 0.05) is 19.6 Å². The van der Waals surface area contributed by atoms with Crippen LogP contribution in [0.2, 0.25) is 0 Å². The maximum absolute atomic E-state index is 12.6. The third kappa shape index (κ3) is 4.68. The molecule has 6 nitrogen and oxygen atoms in total. The Morgan fingerprint density at radius 2 is 1.77 bits per heavy atom. The summed E-state index contributed by atoms with van der Waals surface area (Å²) in [4.78, 5) is 28.6. The van der Waals surface area contributed by atoms with Gasteiger partial charge in [0.15, 0.2) is 0 Å². The summed E-state index contributed by atoms with van der Waals surface area (Å²) < 4.78 is 11.0. The molecule has 3 fully saturated rings. The monoisotopic (exact) mass is 360 g/mol. The van der Waals surface area contributed by atoms with Crippen LogP contribution in [0.25, 0.3) is 0 Å². The molecule has 0 N–H and O–H groups in total. The van der Waals surface area contributed by atoms with E-state index in [1.807, 2.05) is 51.1 Å². The molecule has 4 rings (SSSR count). The quantitative estimate of drug-likeness (QED) is 0.808. The highest BCUT2D eigenvalue weighted by molar-refractivity contribution is 5.70. The number of hydrogen-bond donors (Lipinski definition) is 0. The molecular formula is C20H28N2O4. The van der Waals surface area contributed by atoms with Gasteiger partial charge in [-0.3, -0.25) is 0 Å². The molecule has 3 aliphatic heterocycles. The minimum absolute atomic E-state index is 0.00968. The van der Waals surface area contributed by atoms with Gasteiger partial charge in [-0.2, -0.15) is 0 Å². The molecule has 0 aliphatic carbocycles. The fraction of sp³-hybridized carbons (Fsp3) is 0.600. The SMILES string of the molecule is CC(C)(C)OC(=O)N1C[C@@H]2CC[C@H](C1)N(C(=O)OCc1ccccc1)C2. The molecule has 0 spiro atoms. The molecule has 26 heavy (non-hydrogen) atoms. The standard InChI is InChI=1S/C20H28N2O4/c1-20(2,3)26-18(23)21-11-16-9-10-17(13-21)22(12-16)19(24)25-14-15-7-5-4-6-8-15/h4-8,16-17H,9-14H2,1-3H3/t16-,17+/m0/s1. The van der Waals surface area contributed by atoms with E-state index in [2.05, 4.69) is 0 Å². The molecule has 0 saturated carbocycles. The highest BCUT2D eigenvalue weighted by atomic mass is 16.6. The van der Waals surface area contributed by atoms with E-state index in [4.69, 9.17) is 9.47 Å². The molecule has 3 aliphatic rings. The summed E-state index contributed by atoms with van der Waals surface area (Å²) in [6, 6.07) is 9.65. The van der Waals surface area contributed by atoms with Crippen molar-refractivity contribution < 1.29 is 19.1 Å². The molecule has 142 valence electrons. The fourth-order valence-electron chi connectivity index (χ4n) is 3.58. The molecule has 3 saturated heterocycles. The average molecular weight is 360 g/mol. The van der Waals surface area contributed by atoms with Gasteiger partial charge in [-0.25, -0.2) is 9.59 Å². The van der Waals surface area contributed by atoms with Crippen LogP contribution in [0.5, 0.6) is 0 Å². The van der Waals surface area contributed by atoms with Gasteiger partial charge in [0.2, 0.25) is 0 Å². The topological polar surface area (TPSA) is 59.1 Å². The number of fused-ring (bicyclic) bond motifs is 4. The molecule has 0 radical (unpaired) electrons. The zero-order valence-electron chi connectivity index (χ0n) is 15.8. The lowest BCUT2D eigenvalue weighted by Crippen LogP contribution is -2.48. The van der Waals surface area contributed by atoms with E-state index in [0.29, 0.717) is 19.6 Å². The number of ether oxygens (including phenoxy) is 2. The molecule has 6 heteroatoms. The van der Waals surface area contributed by atoms with E-state index in [-0.39, 0.29) is 30.8 Å². The van der Waals surface area contributed by atoms with Gasteiger partial charge < -0.3 is 19.3 Å². The zero-order valence-corrected chi connectivity index (χ0v) is 15.8. The molecule has 2 atom stereocenters. The predicted molar refractivity (Wildman–Crippen MR) is 97.7 cm³/mol. The number of nitrogens with zero attached hydrogens (tertiary/aromatic N) is 2. The van der Waals surface area contributed by atoms with Gasteiger partial charge in [-0.1, -0.05) is 30.3 Å². The number of carbonyl (C=O) groups excluding carboxylic acids is 2. The van der Waals surface area contributed by atoms with Gasteiger partial charge in [0.25, 0.3) is 0 Å². The summed E-state index contributed by atoms with van der Waals surface area (Å²) in [6.45, 7) is 7.64. The highest BCUT2D eigenvalue weighted by Gasteiger charge is 2.40. The van der Waals surface area contributed by atoms with E-state index >= 15 is 0 Å². The Bertz CT molecular complexity index is 641. The van der Waals surface area contributed by atoms with Crippen LogP contribution < -0.4 is 0 Å². The van der Waals surface area contributed by atoms with Crippen molar-refractivity contribution in [2.75, 3.05) is 19.6 Å². The zero-order chi connectivity index (χ0) is 18.7. The van der Waals surface area contributed by atoms with Gasteiger partial charge in [0.05, 0.1) is 6.04 Å². The predicted octanol–water partition coefficient (Wildman–Crippen LogP) is 3.65. The first-order valence-electron chi connectivity index (χ1n) is 9.27. The van der Waals surface area contributed by atoms with Gasteiger partial charge in [-0.15, -0.1) is 0 Å². The Balaban J connectivity index is 1.60. The molecule has 1 aromatic rings. The van der Waals surface area contributed by atoms with E-state index in [1.54, 1.807) is 9.80 Å². The van der Waals surface area contributed by atoms with Crippen molar-refractivity contribution in [2.24, 2.45) is 5.92 Å². The smallest absolute Gasteiger partial charge is 0.410 e. The van der Waals surface area contributed by atoms with Crippen molar-refractivity contribution >= 4 is 12.2 Å². The lowest BCUT2D eigenvalue weighted by atomic mass is 9.95. The molecule has 0 unspecified atom stereocenters. The average Bonchev–Trinajstić information content (AvgIpc) is 2.91.